The third-order valence-corrected chi connectivity index (χ3v) is 3.70. The largest absolute Gasteiger partial charge is 0.399 e. The van der Waals surface area contributed by atoms with Crippen LogP contribution in [0.4, 0.5) is 4.39 Å². The third-order valence-electron chi connectivity index (χ3n) is 3.70. The minimum Gasteiger partial charge on any atom is -0.399 e. The lowest BCUT2D eigenvalue weighted by Gasteiger charge is -2.09. The molecule has 0 unspecified atom stereocenters. The lowest BCUT2D eigenvalue weighted by atomic mass is 9.94. The van der Waals surface area contributed by atoms with Gasteiger partial charge in [-0.1, -0.05) is 12.1 Å². The summed E-state index contributed by atoms with van der Waals surface area (Å²) in [6.45, 7) is 0. The number of nitrogens with two attached hydrogens (primary N) is 1. The van der Waals surface area contributed by atoms with E-state index >= 15 is 0 Å². The van der Waals surface area contributed by atoms with Crippen molar-refractivity contribution in [1.29, 1.82) is 21.0 Å². The molecule has 0 amide bonds. The van der Waals surface area contributed by atoms with E-state index in [9.17, 15) is 14.9 Å². The second kappa shape index (κ2) is 4.97. The molecular weight excluding hydrogens is 269 g/mol. The van der Waals surface area contributed by atoms with E-state index in [0.717, 1.165) is 0 Å². The van der Waals surface area contributed by atoms with Crippen LogP contribution in [0.15, 0.2) is 35.5 Å². The first-order chi connectivity index (χ1) is 10.1. The Labute approximate surface area is 120 Å². The van der Waals surface area contributed by atoms with E-state index in [4.69, 9.17) is 16.3 Å². The van der Waals surface area contributed by atoms with Crippen LogP contribution in [0, 0.1) is 62.5 Å². The highest BCUT2D eigenvalue weighted by atomic mass is 19.1. The molecule has 1 aliphatic rings. The minimum absolute atomic E-state index is 0.198. The number of allylic oxidation sites excluding steroid dienone is 2. The Morgan fingerprint density at radius 1 is 1.10 bits per heavy atom. The van der Waals surface area contributed by atoms with E-state index in [1.807, 2.05) is 12.1 Å². The second-order valence-corrected chi connectivity index (χ2v) is 4.63. The number of benzene rings is 1. The zero-order valence-electron chi connectivity index (χ0n) is 10.7. The fourth-order valence-electron chi connectivity index (χ4n) is 2.58. The maximum Gasteiger partial charge on any atom is 0.150 e. The Morgan fingerprint density at radius 2 is 1.67 bits per heavy atom. The van der Waals surface area contributed by atoms with Crippen molar-refractivity contribution in [2.75, 3.05) is 0 Å². The van der Waals surface area contributed by atoms with Crippen molar-refractivity contribution in [3.05, 3.63) is 46.9 Å². The number of hydrogen-bond donors (Lipinski definition) is 1. The van der Waals surface area contributed by atoms with E-state index in [1.54, 1.807) is 12.1 Å². The average molecular weight is 277 g/mol. The van der Waals surface area contributed by atoms with Crippen LogP contribution in [0.5, 0.6) is 0 Å². The Balaban J connectivity index is 2.57. The van der Waals surface area contributed by atoms with E-state index in [2.05, 4.69) is 0 Å². The second-order valence-electron chi connectivity index (χ2n) is 4.63. The van der Waals surface area contributed by atoms with Crippen LogP contribution in [-0.2, 0) is 0 Å². The number of rotatable bonds is 2. The van der Waals surface area contributed by atoms with Gasteiger partial charge in [-0.15, -0.1) is 0 Å². The molecule has 0 heterocycles. The predicted molar refractivity (Wildman–Crippen MR) is 68.7 cm³/mol. The van der Waals surface area contributed by atoms with Gasteiger partial charge in [0.05, 0.1) is 23.8 Å². The quantitative estimate of drug-likeness (QED) is 0.826. The summed E-state index contributed by atoms with van der Waals surface area (Å²) in [5, 5.41) is 36.4. The molecule has 0 radical (unpaired) electrons. The van der Waals surface area contributed by atoms with Gasteiger partial charge >= 0.3 is 0 Å². The van der Waals surface area contributed by atoms with Crippen LogP contribution in [-0.4, -0.2) is 0 Å². The Bertz CT molecular complexity index is 766. The van der Waals surface area contributed by atoms with E-state index in [-0.39, 0.29) is 11.3 Å². The number of nitriles is 4. The highest BCUT2D eigenvalue weighted by molar-refractivity contribution is 5.55. The molecule has 0 bridgehead atoms. The van der Waals surface area contributed by atoms with E-state index in [0.29, 0.717) is 5.56 Å². The standard InChI is InChI=1S/C15H8FN5/c16-11-3-1-9(2-4-11)13-12(7-19)15(13,8-20)14(21)10(5-17)6-18/h1-4,12-13H,21H2/t12-,13+,15-/m1/s1. The van der Waals surface area contributed by atoms with Gasteiger partial charge in [-0.2, -0.15) is 21.0 Å². The van der Waals surface area contributed by atoms with Crippen molar-refractivity contribution in [3.63, 3.8) is 0 Å². The first-order valence-corrected chi connectivity index (χ1v) is 5.93. The fraction of sp³-hybridized carbons (Fsp3) is 0.200. The number of nitrogens with zero attached hydrogens (tertiary/aromatic N) is 4. The van der Waals surface area contributed by atoms with Crippen molar-refractivity contribution in [3.8, 4) is 24.3 Å². The summed E-state index contributed by atoms with van der Waals surface area (Å²) in [4.78, 5) is 0. The molecule has 2 N–H and O–H groups in total. The molecule has 21 heavy (non-hydrogen) atoms. The lowest BCUT2D eigenvalue weighted by Crippen LogP contribution is -2.17. The highest BCUT2D eigenvalue weighted by Gasteiger charge is 2.69. The highest BCUT2D eigenvalue weighted by Crippen LogP contribution is 2.67. The summed E-state index contributed by atoms with van der Waals surface area (Å²) in [5.41, 5.74) is 4.39. The molecule has 1 aromatic rings. The molecule has 0 saturated heterocycles. The van der Waals surface area contributed by atoms with Gasteiger partial charge in [0.2, 0.25) is 0 Å². The first-order valence-electron chi connectivity index (χ1n) is 5.93. The SMILES string of the molecule is N#CC(C#N)=C(N)[C@]1(C#N)[C@H](C#N)[C@@H]1c1ccc(F)cc1. The summed E-state index contributed by atoms with van der Waals surface area (Å²) in [7, 11) is 0. The van der Waals surface area contributed by atoms with Crippen molar-refractivity contribution >= 4 is 0 Å². The van der Waals surface area contributed by atoms with Gasteiger partial charge < -0.3 is 5.73 Å². The van der Waals surface area contributed by atoms with Crippen LogP contribution >= 0.6 is 0 Å². The number of hydrogen-bond acceptors (Lipinski definition) is 5. The average Bonchev–Trinajstić information content (AvgIpc) is 3.18. The van der Waals surface area contributed by atoms with E-state index < -0.39 is 23.1 Å². The third kappa shape index (κ3) is 1.88. The molecule has 1 aliphatic carbocycles. The molecule has 1 fully saturated rings. The van der Waals surface area contributed by atoms with Crippen molar-refractivity contribution in [2.24, 2.45) is 17.1 Å². The molecule has 0 aliphatic heterocycles. The van der Waals surface area contributed by atoms with Gasteiger partial charge in [0.15, 0.2) is 0 Å². The van der Waals surface area contributed by atoms with Gasteiger partial charge in [0, 0.05) is 5.92 Å². The predicted octanol–water partition coefficient (Wildman–Crippen LogP) is 1.83. The summed E-state index contributed by atoms with van der Waals surface area (Å²) in [6.07, 6.45) is 0. The first kappa shape index (κ1) is 14.1. The van der Waals surface area contributed by atoms with Crippen molar-refractivity contribution in [2.45, 2.75) is 5.92 Å². The van der Waals surface area contributed by atoms with Crippen molar-refractivity contribution < 1.29 is 4.39 Å². The minimum atomic E-state index is -1.41. The van der Waals surface area contributed by atoms with Gasteiger partial charge in [-0.3, -0.25) is 0 Å². The summed E-state index contributed by atoms with van der Waals surface area (Å²) in [6, 6.07) is 12.6. The summed E-state index contributed by atoms with van der Waals surface area (Å²) < 4.78 is 13.0. The van der Waals surface area contributed by atoms with Crippen molar-refractivity contribution in [1.82, 2.24) is 0 Å². The maximum atomic E-state index is 13.0. The Hall–Kier alpha value is -3.35. The summed E-state index contributed by atoms with van der Waals surface area (Å²) >= 11 is 0. The molecule has 5 nitrogen and oxygen atoms in total. The van der Waals surface area contributed by atoms with E-state index in [1.165, 1.54) is 24.3 Å². The van der Waals surface area contributed by atoms with Crippen LogP contribution in [0.3, 0.4) is 0 Å². The Kier molecular flexibility index (Phi) is 3.33. The smallest absolute Gasteiger partial charge is 0.150 e. The van der Waals surface area contributed by atoms with Crippen LogP contribution < -0.4 is 5.73 Å². The zero-order chi connectivity index (χ0) is 15.6. The van der Waals surface area contributed by atoms with Crippen LogP contribution in [0.25, 0.3) is 0 Å². The molecule has 0 aromatic heterocycles. The molecule has 0 spiro atoms. The monoisotopic (exact) mass is 277 g/mol. The summed E-state index contributed by atoms with van der Waals surface area (Å²) in [5.74, 6) is -1.79. The zero-order valence-corrected chi connectivity index (χ0v) is 10.7. The lowest BCUT2D eigenvalue weighted by molar-refractivity contribution is 0.626. The molecule has 2 rings (SSSR count). The van der Waals surface area contributed by atoms with Crippen LogP contribution in [0.2, 0.25) is 0 Å². The number of halogens is 1. The molecule has 100 valence electrons. The van der Waals surface area contributed by atoms with Gasteiger partial charge in [-0.05, 0) is 17.7 Å². The molecule has 6 heteroatoms. The van der Waals surface area contributed by atoms with Gasteiger partial charge in [0.1, 0.15) is 28.9 Å². The topological polar surface area (TPSA) is 121 Å². The normalized spacial score (nSPS) is 25.6. The van der Waals surface area contributed by atoms with Crippen LogP contribution in [0.1, 0.15) is 11.5 Å². The maximum absolute atomic E-state index is 13.0. The molecule has 1 aromatic carbocycles. The van der Waals surface area contributed by atoms with Gasteiger partial charge in [-0.25, -0.2) is 4.39 Å². The molecule has 3 atom stereocenters. The molecule has 1 saturated carbocycles. The molecular formula is C15H8FN5. The van der Waals surface area contributed by atoms with Gasteiger partial charge in [0.25, 0.3) is 0 Å². The Morgan fingerprint density at radius 3 is 2.10 bits per heavy atom. The fourth-order valence-corrected chi connectivity index (χ4v) is 2.58.